The predicted octanol–water partition coefficient (Wildman–Crippen LogP) is 2.78. The number of ether oxygens (including phenoxy) is 1. The number of hydrogen-bond donors (Lipinski definition) is 0. The molecule has 4 heterocycles. The molecule has 0 atom stereocenters. The fourth-order valence-electron chi connectivity index (χ4n) is 2.46. The molecule has 0 fully saturated rings. The van der Waals surface area contributed by atoms with Crippen molar-refractivity contribution < 1.29 is 14.1 Å². The molecule has 0 spiro atoms. The first-order valence-electron chi connectivity index (χ1n) is 8.54. The Hall–Kier alpha value is -3.40. The van der Waals surface area contributed by atoms with Gasteiger partial charge in [-0.1, -0.05) is 5.16 Å². The third-order valence-electron chi connectivity index (χ3n) is 3.82. The number of esters is 1. The minimum Gasteiger partial charge on any atom is -0.461 e. The van der Waals surface area contributed by atoms with Crippen LogP contribution in [-0.4, -0.2) is 42.5 Å². The summed E-state index contributed by atoms with van der Waals surface area (Å²) in [5.41, 5.74) is 1.95. The van der Waals surface area contributed by atoms with Crippen LogP contribution in [-0.2, 0) is 18.2 Å². The lowest BCUT2D eigenvalue weighted by atomic mass is 10.3. The van der Waals surface area contributed by atoms with Gasteiger partial charge in [-0.25, -0.2) is 9.78 Å². The fraction of sp³-hybridized carbons (Fsp3) is 0.222. The largest absolute Gasteiger partial charge is 0.461 e. The summed E-state index contributed by atoms with van der Waals surface area (Å²) in [6.45, 7) is 0.239. The van der Waals surface area contributed by atoms with E-state index in [4.69, 9.17) is 9.26 Å². The summed E-state index contributed by atoms with van der Waals surface area (Å²) in [6.07, 6.45) is 7.99. The maximum absolute atomic E-state index is 12.1. The number of carbonyl (C=O) groups is 1. The Kier molecular flexibility index (Phi) is 5.20. The Morgan fingerprint density at radius 1 is 1.29 bits per heavy atom. The van der Waals surface area contributed by atoms with Crippen molar-refractivity contribution in [1.29, 1.82) is 0 Å². The summed E-state index contributed by atoms with van der Waals surface area (Å²) >= 11 is 1.38. The van der Waals surface area contributed by atoms with Crippen LogP contribution in [0.4, 0.5) is 0 Å². The number of rotatable bonds is 7. The molecule has 0 amide bonds. The number of carbonyl (C=O) groups excluding carboxylic acids is 1. The molecule has 0 aliphatic rings. The van der Waals surface area contributed by atoms with Gasteiger partial charge in [-0.2, -0.15) is 10.1 Å². The molecular weight excluding hydrogens is 380 g/mol. The first-order chi connectivity index (χ1) is 13.7. The van der Waals surface area contributed by atoms with Crippen LogP contribution >= 0.6 is 11.3 Å². The topological polar surface area (TPSA) is 109 Å². The third-order valence-corrected chi connectivity index (χ3v) is 4.71. The van der Waals surface area contributed by atoms with E-state index < -0.39 is 5.97 Å². The number of pyridine rings is 1. The highest BCUT2D eigenvalue weighted by Gasteiger charge is 2.14. The highest BCUT2D eigenvalue weighted by Crippen LogP contribution is 2.23. The maximum Gasteiger partial charge on any atom is 0.357 e. The quantitative estimate of drug-likeness (QED) is 0.346. The van der Waals surface area contributed by atoms with Crippen molar-refractivity contribution in [2.75, 3.05) is 6.61 Å². The lowest BCUT2D eigenvalue weighted by molar-refractivity contribution is 0.0492. The van der Waals surface area contributed by atoms with Gasteiger partial charge in [0.15, 0.2) is 5.69 Å². The maximum atomic E-state index is 12.1. The third kappa shape index (κ3) is 4.12. The molecule has 4 aromatic rings. The SMILES string of the molecule is Cn1cc(-c2nc(C(=O)OCCCc3nc(-c4cccnc4)no3)cs2)cn1. The Bertz CT molecular complexity index is 1070. The van der Waals surface area contributed by atoms with Gasteiger partial charge in [0.2, 0.25) is 11.7 Å². The molecule has 28 heavy (non-hydrogen) atoms. The molecular formula is C18H16N6O3S. The minimum atomic E-state index is -0.451. The number of aromatic nitrogens is 6. The van der Waals surface area contributed by atoms with E-state index in [0.29, 0.717) is 30.3 Å². The smallest absolute Gasteiger partial charge is 0.357 e. The molecule has 0 radical (unpaired) electrons. The molecule has 9 nitrogen and oxygen atoms in total. The first kappa shape index (κ1) is 18.0. The number of hydrogen-bond acceptors (Lipinski definition) is 9. The van der Waals surface area contributed by atoms with Gasteiger partial charge < -0.3 is 9.26 Å². The molecule has 142 valence electrons. The lowest BCUT2D eigenvalue weighted by Gasteiger charge is -2.00. The van der Waals surface area contributed by atoms with Crippen molar-refractivity contribution in [3.8, 4) is 22.0 Å². The fourth-order valence-corrected chi connectivity index (χ4v) is 3.23. The molecule has 4 rings (SSSR count). The average Bonchev–Trinajstić information content (AvgIpc) is 3.46. The number of nitrogens with zero attached hydrogens (tertiary/aromatic N) is 6. The van der Waals surface area contributed by atoms with E-state index in [2.05, 4.69) is 25.2 Å². The van der Waals surface area contributed by atoms with E-state index >= 15 is 0 Å². The summed E-state index contributed by atoms with van der Waals surface area (Å²) in [5, 5.41) is 10.4. The van der Waals surface area contributed by atoms with Crippen LogP contribution in [0, 0.1) is 0 Å². The van der Waals surface area contributed by atoms with Crippen molar-refractivity contribution in [2.24, 2.45) is 7.05 Å². The van der Waals surface area contributed by atoms with E-state index in [-0.39, 0.29) is 6.61 Å². The lowest BCUT2D eigenvalue weighted by Crippen LogP contribution is -2.07. The standard InChI is InChI=1S/C18H16N6O3S/c1-24-10-13(9-20-24)17-21-14(11-28-17)18(25)26-7-3-5-15-22-16(23-27-15)12-4-2-6-19-8-12/h2,4,6,8-11H,3,5,7H2,1H3. The van der Waals surface area contributed by atoms with Gasteiger partial charge in [-0.3, -0.25) is 9.67 Å². The van der Waals surface area contributed by atoms with Gasteiger partial charge in [0.1, 0.15) is 5.01 Å². The van der Waals surface area contributed by atoms with Crippen molar-refractivity contribution in [3.05, 3.63) is 53.9 Å². The molecule has 0 aliphatic heterocycles. The molecule has 0 bridgehead atoms. The summed E-state index contributed by atoms with van der Waals surface area (Å²) in [7, 11) is 1.83. The summed E-state index contributed by atoms with van der Waals surface area (Å²) < 4.78 is 12.2. The number of aryl methyl sites for hydroxylation is 2. The van der Waals surface area contributed by atoms with E-state index in [1.807, 2.05) is 25.4 Å². The van der Waals surface area contributed by atoms with E-state index in [0.717, 1.165) is 16.1 Å². The number of thiazole rings is 1. The molecule has 10 heteroatoms. The van der Waals surface area contributed by atoms with Crippen molar-refractivity contribution >= 4 is 17.3 Å². The van der Waals surface area contributed by atoms with E-state index in [1.54, 1.807) is 28.7 Å². The van der Waals surface area contributed by atoms with Crippen LogP contribution in [0.3, 0.4) is 0 Å². The van der Waals surface area contributed by atoms with Crippen LogP contribution < -0.4 is 0 Å². The zero-order chi connectivity index (χ0) is 19.3. The second kappa shape index (κ2) is 8.09. The molecule has 0 aromatic carbocycles. The van der Waals surface area contributed by atoms with Crippen molar-refractivity contribution in [2.45, 2.75) is 12.8 Å². The highest BCUT2D eigenvalue weighted by molar-refractivity contribution is 7.13. The predicted molar refractivity (Wildman–Crippen MR) is 100 cm³/mol. The van der Waals surface area contributed by atoms with Crippen LogP contribution in [0.25, 0.3) is 22.0 Å². The summed E-state index contributed by atoms with van der Waals surface area (Å²) in [6, 6.07) is 3.67. The normalized spacial score (nSPS) is 10.9. The van der Waals surface area contributed by atoms with Crippen molar-refractivity contribution in [3.63, 3.8) is 0 Å². The summed E-state index contributed by atoms with van der Waals surface area (Å²) in [5.74, 6) is 0.529. The Balaban J connectivity index is 1.26. The van der Waals surface area contributed by atoms with Crippen LogP contribution in [0.1, 0.15) is 22.8 Å². The van der Waals surface area contributed by atoms with Crippen LogP contribution in [0.5, 0.6) is 0 Å². The van der Waals surface area contributed by atoms with Gasteiger partial charge in [0.25, 0.3) is 0 Å². The second-order valence-corrected chi connectivity index (χ2v) is 6.79. The molecule has 0 N–H and O–H groups in total. The molecule has 0 saturated carbocycles. The van der Waals surface area contributed by atoms with Crippen molar-refractivity contribution in [1.82, 2.24) is 29.9 Å². The van der Waals surface area contributed by atoms with Gasteiger partial charge in [0, 0.05) is 48.6 Å². The zero-order valence-corrected chi connectivity index (χ0v) is 15.8. The van der Waals surface area contributed by atoms with Crippen LogP contribution in [0.2, 0.25) is 0 Å². The second-order valence-electron chi connectivity index (χ2n) is 5.93. The monoisotopic (exact) mass is 396 g/mol. The molecule has 4 aromatic heterocycles. The highest BCUT2D eigenvalue weighted by atomic mass is 32.1. The van der Waals surface area contributed by atoms with Gasteiger partial charge in [-0.05, 0) is 18.6 Å². The minimum absolute atomic E-state index is 0.239. The Morgan fingerprint density at radius 3 is 3.00 bits per heavy atom. The molecule has 0 unspecified atom stereocenters. The molecule has 0 saturated heterocycles. The summed E-state index contributed by atoms with van der Waals surface area (Å²) in [4.78, 5) is 24.8. The Morgan fingerprint density at radius 2 is 2.21 bits per heavy atom. The first-order valence-corrected chi connectivity index (χ1v) is 9.41. The average molecular weight is 396 g/mol. The molecule has 0 aliphatic carbocycles. The van der Waals surface area contributed by atoms with Gasteiger partial charge in [0.05, 0.1) is 12.8 Å². The van der Waals surface area contributed by atoms with Gasteiger partial charge in [-0.15, -0.1) is 11.3 Å². The Labute approximate surface area is 164 Å². The van der Waals surface area contributed by atoms with Crippen LogP contribution in [0.15, 0.2) is 46.8 Å². The zero-order valence-electron chi connectivity index (χ0n) is 15.0. The van der Waals surface area contributed by atoms with Gasteiger partial charge >= 0.3 is 5.97 Å². The van der Waals surface area contributed by atoms with E-state index in [9.17, 15) is 4.79 Å². The van der Waals surface area contributed by atoms with E-state index in [1.165, 1.54) is 11.3 Å².